The Morgan fingerprint density at radius 3 is 2.79 bits per heavy atom. The molecule has 0 spiro atoms. The monoisotopic (exact) mass is 335 g/mol. The molecule has 1 unspecified atom stereocenters. The van der Waals surface area contributed by atoms with E-state index in [1.165, 1.54) is 0 Å². The number of hydrogen-bond donors (Lipinski definition) is 3. The highest BCUT2D eigenvalue weighted by atomic mass is 32.1. The van der Waals surface area contributed by atoms with Crippen LogP contribution in [0, 0.1) is 11.3 Å². The average molecular weight is 335 g/mol. The Morgan fingerprint density at radius 2 is 2.08 bits per heavy atom. The van der Waals surface area contributed by atoms with E-state index in [9.17, 15) is 10.1 Å². The van der Waals surface area contributed by atoms with Crippen LogP contribution in [0.1, 0.15) is 25.0 Å². The molecule has 3 rings (SSSR count). The highest BCUT2D eigenvalue weighted by Crippen LogP contribution is 2.46. The average Bonchev–Trinajstić information content (AvgIpc) is 2.90. The van der Waals surface area contributed by atoms with Crippen molar-refractivity contribution in [1.29, 1.82) is 5.26 Å². The first-order valence-electron chi connectivity index (χ1n) is 7.54. The van der Waals surface area contributed by atoms with E-state index >= 15 is 0 Å². The lowest BCUT2D eigenvalue weighted by atomic mass is 9.80. The molecular formula is C19H17N3OS. The maximum atomic E-state index is 10.9. The molecule has 0 saturated carbocycles. The normalized spacial score (nSPS) is 20.6. The van der Waals surface area contributed by atoms with Crippen molar-refractivity contribution in [3.8, 4) is 6.07 Å². The molecule has 0 radical (unpaired) electrons. The molecule has 2 aromatic carbocycles. The molecule has 1 atom stereocenters. The Hall–Kier alpha value is -2.71. The lowest BCUT2D eigenvalue weighted by Gasteiger charge is -2.21. The summed E-state index contributed by atoms with van der Waals surface area (Å²) in [4.78, 5) is 11.7. The smallest absolute Gasteiger partial charge is 0.211 e. The van der Waals surface area contributed by atoms with E-state index in [2.05, 4.69) is 29.3 Å². The SMILES string of the molecule is C/C(=C1\Nc2ccccc2C1(C)C#N)c1cc(S)ccc1NC=O. The number of thiol groups is 1. The van der Waals surface area contributed by atoms with Crippen LogP contribution in [0.25, 0.3) is 5.57 Å². The van der Waals surface area contributed by atoms with Gasteiger partial charge in [0.15, 0.2) is 0 Å². The Bertz CT molecular complexity index is 898. The summed E-state index contributed by atoms with van der Waals surface area (Å²) in [6.07, 6.45) is 0.648. The third kappa shape index (κ3) is 2.45. The third-order valence-corrected chi connectivity index (χ3v) is 4.72. The molecule has 0 aliphatic carbocycles. The van der Waals surface area contributed by atoms with E-state index in [4.69, 9.17) is 0 Å². The van der Waals surface area contributed by atoms with Gasteiger partial charge in [-0.3, -0.25) is 4.79 Å². The molecule has 5 heteroatoms. The van der Waals surface area contributed by atoms with Crippen LogP contribution in [0.4, 0.5) is 11.4 Å². The van der Waals surface area contributed by atoms with Crippen molar-refractivity contribution in [3.05, 3.63) is 59.3 Å². The number of anilines is 2. The van der Waals surface area contributed by atoms with Gasteiger partial charge in [0.05, 0.1) is 6.07 Å². The molecule has 0 aromatic heterocycles. The number of nitrogens with one attached hydrogen (secondary N) is 2. The van der Waals surface area contributed by atoms with Crippen molar-refractivity contribution < 1.29 is 4.79 Å². The standard InChI is InChI=1S/C19H17N3OS/c1-12(14-9-13(24)7-8-16(14)21-11-23)18-19(2,10-20)15-5-3-4-6-17(15)22-18/h3-9,11,22,24H,1-2H3,(H,21,23)/b18-12+. The number of nitriles is 1. The fourth-order valence-electron chi connectivity index (χ4n) is 3.17. The number of benzene rings is 2. The second kappa shape index (κ2) is 6.06. The van der Waals surface area contributed by atoms with Crippen LogP contribution in [-0.4, -0.2) is 6.41 Å². The van der Waals surface area contributed by atoms with Gasteiger partial charge in [-0.05, 0) is 43.7 Å². The predicted octanol–water partition coefficient (Wildman–Crippen LogP) is 4.18. The highest BCUT2D eigenvalue weighted by molar-refractivity contribution is 7.80. The van der Waals surface area contributed by atoms with Crippen LogP contribution >= 0.6 is 12.6 Å². The number of hydrogen-bond acceptors (Lipinski definition) is 4. The number of amides is 1. The second-order valence-electron chi connectivity index (χ2n) is 5.90. The minimum atomic E-state index is -0.772. The Labute approximate surface area is 146 Å². The van der Waals surface area contributed by atoms with Crippen molar-refractivity contribution in [1.82, 2.24) is 0 Å². The summed E-state index contributed by atoms with van der Waals surface area (Å²) in [5, 5.41) is 15.9. The third-order valence-electron chi connectivity index (χ3n) is 4.45. The van der Waals surface area contributed by atoms with Crippen LogP contribution < -0.4 is 10.6 Å². The Kier molecular flexibility index (Phi) is 4.08. The molecule has 0 bridgehead atoms. The number of allylic oxidation sites excluding steroid dienone is 2. The van der Waals surface area contributed by atoms with E-state index in [1.54, 1.807) is 0 Å². The van der Waals surface area contributed by atoms with E-state index < -0.39 is 5.41 Å². The van der Waals surface area contributed by atoms with Gasteiger partial charge in [-0.2, -0.15) is 5.26 Å². The first-order chi connectivity index (χ1) is 11.5. The predicted molar refractivity (Wildman–Crippen MR) is 99.0 cm³/mol. The molecule has 4 nitrogen and oxygen atoms in total. The van der Waals surface area contributed by atoms with Crippen LogP contribution in [0.15, 0.2) is 53.1 Å². The summed E-state index contributed by atoms with van der Waals surface area (Å²) >= 11 is 4.40. The molecule has 1 aliphatic rings. The van der Waals surface area contributed by atoms with Crippen molar-refractivity contribution in [3.63, 3.8) is 0 Å². The first kappa shape index (κ1) is 16.2. The largest absolute Gasteiger partial charge is 0.357 e. The van der Waals surface area contributed by atoms with Crippen LogP contribution in [0.3, 0.4) is 0 Å². The Morgan fingerprint density at radius 1 is 1.33 bits per heavy atom. The lowest BCUT2D eigenvalue weighted by molar-refractivity contribution is -0.105. The highest BCUT2D eigenvalue weighted by Gasteiger charge is 2.40. The summed E-state index contributed by atoms with van der Waals surface area (Å²) < 4.78 is 0. The zero-order valence-corrected chi connectivity index (χ0v) is 14.3. The maximum absolute atomic E-state index is 10.9. The van der Waals surface area contributed by atoms with E-state index in [-0.39, 0.29) is 0 Å². The summed E-state index contributed by atoms with van der Waals surface area (Å²) in [6, 6.07) is 15.7. The summed E-state index contributed by atoms with van der Waals surface area (Å²) in [7, 11) is 0. The van der Waals surface area contributed by atoms with Crippen molar-refractivity contribution in [2.45, 2.75) is 24.2 Å². The van der Waals surface area contributed by atoms with E-state index in [0.29, 0.717) is 12.1 Å². The molecule has 1 aliphatic heterocycles. The topological polar surface area (TPSA) is 64.9 Å². The molecule has 1 heterocycles. The number of fused-ring (bicyclic) bond motifs is 1. The quantitative estimate of drug-likeness (QED) is 0.582. The number of para-hydroxylation sites is 1. The van der Waals surface area contributed by atoms with Crippen molar-refractivity contribution in [2.24, 2.45) is 0 Å². The molecule has 1 amide bonds. The number of carbonyl (C=O) groups is 1. The van der Waals surface area contributed by atoms with Gasteiger partial charge in [-0.25, -0.2) is 0 Å². The fraction of sp³-hybridized carbons (Fsp3) is 0.158. The van der Waals surface area contributed by atoms with Crippen LogP contribution in [-0.2, 0) is 10.2 Å². The van der Waals surface area contributed by atoms with E-state index in [1.807, 2.05) is 56.3 Å². The number of carbonyl (C=O) groups excluding carboxylic acids is 1. The second-order valence-corrected chi connectivity index (χ2v) is 6.42. The minimum absolute atomic E-state index is 0.648. The van der Waals surface area contributed by atoms with Gasteiger partial charge in [-0.15, -0.1) is 12.6 Å². The molecule has 0 fully saturated rings. The maximum Gasteiger partial charge on any atom is 0.211 e. The van der Waals surface area contributed by atoms with Gasteiger partial charge in [0, 0.05) is 33.1 Å². The van der Waals surface area contributed by atoms with Crippen molar-refractivity contribution in [2.75, 3.05) is 10.6 Å². The first-order valence-corrected chi connectivity index (χ1v) is 7.98. The van der Waals surface area contributed by atoms with Gasteiger partial charge in [0.25, 0.3) is 0 Å². The number of nitrogens with zero attached hydrogens (tertiary/aromatic N) is 1. The molecular weight excluding hydrogens is 318 g/mol. The van der Waals surface area contributed by atoms with Gasteiger partial charge in [-0.1, -0.05) is 18.2 Å². The lowest BCUT2D eigenvalue weighted by Crippen LogP contribution is -2.21. The van der Waals surface area contributed by atoms with Crippen LogP contribution in [0.5, 0.6) is 0 Å². The molecule has 2 N–H and O–H groups in total. The zero-order chi connectivity index (χ0) is 17.3. The summed E-state index contributed by atoms with van der Waals surface area (Å²) in [5.74, 6) is 0. The summed E-state index contributed by atoms with van der Waals surface area (Å²) in [6.45, 7) is 3.85. The molecule has 2 aromatic rings. The van der Waals surface area contributed by atoms with Crippen molar-refractivity contribution >= 4 is 36.0 Å². The van der Waals surface area contributed by atoms with Gasteiger partial charge < -0.3 is 10.6 Å². The van der Waals surface area contributed by atoms with Gasteiger partial charge in [0.2, 0.25) is 6.41 Å². The minimum Gasteiger partial charge on any atom is -0.357 e. The molecule has 24 heavy (non-hydrogen) atoms. The molecule has 0 saturated heterocycles. The van der Waals surface area contributed by atoms with E-state index in [0.717, 1.165) is 33.0 Å². The summed E-state index contributed by atoms with van der Waals surface area (Å²) in [5.41, 5.74) is 4.36. The zero-order valence-electron chi connectivity index (χ0n) is 13.4. The van der Waals surface area contributed by atoms with Crippen LogP contribution in [0.2, 0.25) is 0 Å². The fourth-order valence-corrected chi connectivity index (χ4v) is 3.38. The Balaban J connectivity index is 2.22. The number of rotatable bonds is 3. The molecule has 120 valence electrons. The van der Waals surface area contributed by atoms with Gasteiger partial charge >= 0.3 is 0 Å². The van der Waals surface area contributed by atoms with Gasteiger partial charge in [0.1, 0.15) is 5.41 Å².